The van der Waals surface area contributed by atoms with E-state index in [-0.39, 0.29) is 5.91 Å². The highest BCUT2D eigenvalue weighted by atomic mass is 32.1. The fourth-order valence-corrected chi connectivity index (χ4v) is 4.99. The van der Waals surface area contributed by atoms with Gasteiger partial charge in [-0.15, -0.1) is 11.3 Å². The third kappa shape index (κ3) is 4.30. The van der Waals surface area contributed by atoms with Crippen molar-refractivity contribution in [1.29, 1.82) is 0 Å². The van der Waals surface area contributed by atoms with Gasteiger partial charge in [0.2, 0.25) is 0 Å². The van der Waals surface area contributed by atoms with E-state index in [4.69, 9.17) is 4.74 Å². The van der Waals surface area contributed by atoms with Gasteiger partial charge in [0.15, 0.2) is 0 Å². The molecule has 0 aliphatic carbocycles. The number of nitrogens with one attached hydrogen (secondary N) is 1. The second-order valence-corrected chi connectivity index (χ2v) is 8.57. The van der Waals surface area contributed by atoms with E-state index in [0.717, 1.165) is 42.1 Å². The van der Waals surface area contributed by atoms with E-state index in [9.17, 15) is 9.59 Å². The van der Waals surface area contributed by atoms with Gasteiger partial charge in [0.25, 0.3) is 5.91 Å². The van der Waals surface area contributed by atoms with E-state index >= 15 is 0 Å². The van der Waals surface area contributed by atoms with Crippen LogP contribution in [-0.2, 0) is 24.2 Å². The summed E-state index contributed by atoms with van der Waals surface area (Å²) in [5, 5.41) is 3.51. The first kappa shape index (κ1) is 20.3. The lowest BCUT2D eigenvalue weighted by Gasteiger charge is -2.27. The van der Waals surface area contributed by atoms with Gasteiger partial charge < -0.3 is 10.1 Å². The van der Waals surface area contributed by atoms with Crippen molar-refractivity contribution < 1.29 is 14.3 Å². The van der Waals surface area contributed by atoms with E-state index < -0.39 is 5.97 Å². The number of hydrogen-bond donors (Lipinski definition) is 1. The number of esters is 1. The van der Waals surface area contributed by atoms with Crippen molar-refractivity contribution in [2.75, 3.05) is 19.0 Å². The average molecular weight is 421 g/mol. The number of aryl methyl sites for hydroxylation is 1. The van der Waals surface area contributed by atoms with E-state index in [1.165, 1.54) is 24.0 Å². The Kier molecular flexibility index (Phi) is 5.97. The Labute approximate surface area is 180 Å². The van der Waals surface area contributed by atoms with Crippen LogP contribution in [0.4, 0.5) is 5.00 Å². The van der Waals surface area contributed by atoms with Gasteiger partial charge in [-0.25, -0.2) is 4.79 Å². The lowest BCUT2D eigenvalue weighted by atomic mass is 10.0. The molecule has 0 saturated carbocycles. The normalized spacial score (nSPS) is 13.5. The van der Waals surface area contributed by atoms with Gasteiger partial charge in [0.1, 0.15) is 5.00 Å². The minimum atomic E-state index is -0.400. The monoisotopic (exact) mass is 420 g/mol. The number of fused-ring (bicyclic) bond motifs is 1. The van der Waals surface area contributed by atoms with Gasteiger partial charge in [0, 0.05) is 30.1 Å². The third-order valence-electron chi connectivity index (χ3n) is 5.32. The molecule has 3 aromatic rings. The highest BCUT2D eigenvalue weighted by Crippen LogP contribution is 2.38. The molecule has 1 aliphatic rings. The van der Waals surface area contributed by atoms with Crippen molar-refractivity contribution >= 4 is 28.2 Å². The molecule has 5 nitrogen and oxygen atoms in total. The third-order valence-corrected chi connectivity index (χ3v) is 6.45. The summed E-state index contributed by atoms with van der Waals surface area (Å²) in [6.45, 7) is 4.44. The van der Waals surface area contributed by atoms with Crippen LogP contribution in [0.5, 0.6) is 0 Å². The molecular formula is C24H24N2O3S. The van der Waals surface area contributed by atoms with E-state index in [0.29, 0.717) is 16.1 Å². The molecule has 6 heteroatoms. The lowest BCUT2D eigenvalue weighted by Crippen LogP contribution is -2.29. The Morgan fingerprint density at radius 1 is 1.10 bits per heavy atom. The first-order valence-electron chi connectivity index (χ1n) is 9.92. The molecule has 0 fully saturated rings. The van der Waals surface area contributed by atoms with Gasteiger partial charge >= 0.3 is 5.97 Å². The fraction of sp³-hybridized carbons (Fsp3) is 0.250. The first-order chi connectivity index (χ1) is 14.5. The molecule has 1 amide bonds. The maximum Gasteiger partial charge on any atom is 0.341 e. The Morgan fingerprint density at radius 3 is 2.53 bits per heavy atom. The predicted molar refractivity (Wildman–Crippen MR) is 119 cm³/mol. The van der Waals surface area contributed by atoms with E-state index in [2.05, 4.69) is 22.3 Å². The van der Waals surface area contributed by atoms with Gasteiger partial charge in [0.05, 0.1) is 12.7 Å². The standard InChI is InChI=1S/C24H24N2O3S/c1-16-8-10-18(11-9-16)22(27)25-23-21(24(28)29-2)19-12-13-26(15-20(19)30-23)14-17-6-4-3-5-7-17/h3-11H,12-15H2,1-2H3,(H,25,27). The lowest BCUT2D eigenvalue weighted by molar-refractivity contribution is 0.0600. The number of carbonyl (C=O) groups excluding carboxylic acids is 2. The smallest absolute Gasteiger partial charge is 0.341 e. The number of rotatable bonds is 5. The molecule has 0 atom stereocenters. The van der Waals surface area contributed by atoms with Gasteiger partial charge in [-0.1, -0.05) is 48.0 Å². The quantitative estimate of drug-likeness (QED) is 0.610. The van der Waals surface area contributed by atoms with Gasteiger partial charge in [-0.2, -0.15) is 0 Å². The van der Waals surface area contributed by atoms with Gasteiger partial charge in [-0.3, -0.25) is 9.69 Å². The van der Waals surface area contributed by atoms with E-state index in [1.54, 1.807) is 12.1 Å². The van der Waals surface area contributed by atoms with Crippen LogP contribution < -0.4 is 5.32 Å². The molecule has 154 valence electrons. The Bertz CT molecular complexity index is 1060. The predicted octanol–water partition coefficient (Wildman–Crippen LogP) is 4.65. The summed E-state index contributed by atoms with van der Waals surface area (Å²) in [6, 6.07) is 17.7. The minimum absolute atomic E-state index is 0.222. The summed E-state index contributed by atoms with van der Waals surface area (Å²) < 4.78 is 5.03. The average Bonchev–Trinajstić information content (AvgIpc) is 3.11. The zero-order chi connectivity index (χ0) is 21.1. The Balaban J connectivity index is 1.58. The van der Waals surface area contributed by atoms with Crippen molar-refractivity contribution in [1.82, 2.24) is 4.90 Å². The van der Waals surface area contributed by atoms with Crippen LogP contribution >= 0.6 is 11.3 Å². The molecular weight excluding hydrogens is 396 g/mol. The summed E-state index contributed by atoms with van der Waals surface area (Å²) in [4.78, 5) is 28.7. The minimum Gasteiger partial charge on any atom is -0.465 e. The number of ether oxygens (including phenoxy) is 1. The largest absolute Gasteiger partial charge is 0.465 e. The number of hydrogen-bond acceptors (Lipinski definition) is 5. The molecule has 4 rings (SSSR count). The molecule has 0 bridgehead atoms. The number of methoxy groups -OCH3 is 1. The topological polar surface area (TPSA) is 58.6 Å². The van der Waals surface area contributed by atoms with Crippen molar-refractivity contribution in [3.8, 4) is 0 Å². The van der Waals surface area contributed by atoms with Crippen LogP contribution in [-0.4, -0.2) is 30.4 Å². The molecule has 2 aromatic carbocycles. The number of amides is 1. The van der Waals surface area contributed by atoms with Gasteiger partial charge in [-0.05, 0) is 36.6 Å². The molecule has 1 aromatic heterocycles. The summed E-state index contributed by atoms with van der Waals surface area (Å²) in [7, 11) is 1.38. The molecule has 2 heterocycles. The van der Waals surface area contributed by atoms with Crippen molar-refractivity contribution in [2.24, 2.45) is 0 Å². The van der Waals surface area contributed by atoms with Crippen LogP contribution in [0.15, 0.2) is 54.6 Å². The number of anilines is 1. The highest BCUT2D eigenvalue weighted by Gasteiger charge is 2.29. The van der Waals surface area contributed by atoms with Crippen LogP contribution in [0.3, 0.4) is 0 Å². The molecule has 0 unspecified atom stereocenters. The Hall–Kier alpha value is -2.96. The molecule has 0 spiro atoms. The molecule has 30 heavy (non-hydrogen) atoms. The summed E-state index contributed by atoms with van der Waals surface area (Å²) in [6.07, 6.45) is 0.753. The summed E-state index contributed by atoms with van der Waals surface area (Å²) in [5.41, 5.74) is 4.41. The SMILES string of the molecule is COC(=O)c1c(NC(=O)c2ccc(C)cc2)sc2c1CCN(Cc1ccccc1)C2. The van der Waals surface area contributed by atoms with Crippen molar-refractivity contribution in [2.45, 2.75) is 26.4 Å². The fourth-order valence-electron chi connectivity index (χ4n) is 3.72. The second-order valence-electron chi connectivity index (χ2n) is 7.47. The maximum absolute atomic E-state index is 12.7. The molecule has 0 saturated heterocycles. The van der Waals surface area contributed by atoms with Crippen LogP contribution in [0, 0.1) is 6.92 Å². The second kappa shape index (κ2) is 8.81. The van der Waals surface area contributed by atoms with Crippen LogP contribution in [0.25, 0.3) is 0 Å². The molecule has 1 aliphatic heterocycles. The summed E-state index contributed by atoms with van der Waals surface area (Å²) in [5.74, 6) is -0.622. The van der Waals surface area contributed by atoms with Crippen LogP contribution in [0.1, 0.15) is 42.3 Å². The van der Waals surface area contributed by atoms with Crippen LogP contribution in [0.2, 0.25) is 0 Å². The number of thiophene rings is 1. The van der Waals surface area contributed by atoms with Crippen molar-refractivity contribution in [3.05, 3.63) is 87.3 Å². The van der Waals surface area contributed by atoms with E-state index in [1.807, 2.05) is 37.3 Å². The summed E-state index contributed by atoms with van der Waals surface area (Å²) >= 11 is 1.47. The molecule has 1 N–H and O–H groups in total. The first-order valence-corrected chi connectivity index (χ1v) is 10.7. The Morgan fingerprint density at radius 2 is 1.83 bits per heavy atom. The number of benzene rings is 2. The molecule has 0 radical (unpaired) electrons. The van der Waals surface area contributed by atoms with Crippen molar-refractivity contribution in [3.63, 3.8) is 0 Å². The zero-order valence-electron chi connectivity index (χ0n) is 17.1. The number of nitrogens with zero attached hydrogens (tertiary/aromatic N) is 1. The zero-order valence-corrected chi connectivity index (χ0v) is 17.9. The maximum atomic E-state index is 12.7. The highest BCUT2D eigenvalue weighted by molar-refractivity contribution is 7.17. The number of carbonyl (C=O) groups is 2.